The van der Waals surface area contributed by atoms with Crippen LogP contribution in [0.25, 0.3) is 0 Å². The van der Waals surface area contributed by atoms with Gasteiger partial charge in [0.15, 0.2) is 0 Å². The number of unbranched alkanes of at least 4 members (excludes halogenated alkanes) is 3. The predicted molar refractivity (Wildman–Crippen MR) is 117 cm³/mol. The first-order chi connectivity index (χ1) is 14.4. The maximum atomic E-state index is 12.4. The Morgan fingerprint density at radius 2 is 2.03 bits per heavy atom. The van der Waals surface area contributed by atoms with Gasteiger partial charge in [0.1, 0.15) is 0 Å². The zero-order chi connectivity index (χ0) is 21.9. The van der Waals surface area contributed by atoms with Gasteiger partial charge < -0.3 is 15.1 Å². The monoisotopic (exact) mass is 416 g/mol. The highest BCUT2D eigenvalue weighted by atomic mass is 16.4. The first-order valence-electron chi connectivity index (χ1n) is 11.2. The van der Waals surface area contributed by atoms with E-state index < -0.39 is 12.1 Å². The number of nitrogens with zero attached hydrogens (tertiary/aromatic N) is 2. The van der Waals surface area contributed by atoms with Crippen LogP contribution < -0.4 is 0 Å². The van der Waals surface area contributed by atoms with Crippen molar-refractivity contribution >= 4 is 11.9 Å². The number of aliphatic carboxylic acids is 1. The van der Waals surface area contributed by atoms with Crippen molar-refractivity contribution < 1.29 is 19.8 Å². The molecule has 30 heavy (non-hydrogen) atoms. The van der Waals surface area contributed by atoms with E-state index in [9.17, 15) is 14.7 Å². The fourth-order valence-electron chi connectivity index (χ4n) is 3.79. The molecule has 2 atom stereocenters. The minimum atomic E-state index is -0.754. The number of rotatable bonds is 12. The Hall–Kier alpha value is -2.21. The number of aliphatic hydroxyl groups is 1. The Kier molecular flexibility index (Phi) is 10.0. The number of aliphatic hydroxyl groups excluding tert-OH is 1. The van der Waals surface area contributed by atoms with Gasteiger partial charge >= 0.3 is 5.97 Å². The number of hydrogen-bond donors (Lipinski definition) is 2. The van der Waals surface area contributed by atoms with E-state index in [4.69, 9.17) is 5.11 Å². The second-order valence-electron chi connectivity index (χ2n) is 8.50. The zero-order valence-electron chi connectivity index (χ0n) is 18.3. The van der Waals surface area contributed by atoms with Crippen molar-refractivity contribution in [3.63, 3.8) is 0 Å². The summed E-state index contributed by atoms with van der Waals surface area (Å²) in [6.07, 6.45) is 11.4. The quantitative estimate of drug-likeness (QED) is 0.396. The van der Waals surface area contributed by atoms with E-state index in [1.165, 1.54) is 5.56 Å². The minimum absolute atomic E-state index is 0.0243. The topological polar surface area (TPSA) is 90.7 Å². The lowest BCUT2D eigenvalue weighted by Gasteiger charge is -2.34. The van der Waals surface area contributed by atoms with Crippen molar-refractivity contribution in [2.45, 2.75) is 89.7 Å². The van der Waals surface area contributed by atoms with Crippen LogP contribution in [0, 0.1) is 0 Å². The molecule has 1 fully saturated rings. The van der Waals surface area contributed by atoms with Crippen molar-refractivity contribution in [2.75, 3.05) is 6.54 Å². The summed E-state index contributed by atoms with van der Waals surface area (Å²) in [6, 6.07) is 4.05. The van der Waals surface area contributed by atoms with Gasteiger partial charge in [-0.3, -0.25) is 14.6 Å². The SMILES string of the molecule is CC(C)c1ccc(CC(O)C=C[C@H]2CCCC(=O)N2CCCCCCC(=O)O)nc1. The molecule has 0 bridgehead atoms. The smallest absolute Gasteiger partial charge is 0.303 e. The van der Waals surface area contributed by atoms with Crippen molar-refractivity contribution in [3.8, 4) is 0 Å². The number of pyridine rings is 1. The molecule has 2 N–H and O–H groups in total. The summed E-state index contributed by atoms with van der Waals surface area (Å²) in [6.45, 7) is 4.94. The molecule has 1 unspecified atom stereocenters. The Balaban J connectivity index is 1.82. The molecular weight excluding hydrogens is 380 g/mol. The van der Waals surface area contributed by atoms with Gasteiger partial charge in [-0.2, -0.15) is 0 Å². The Bertz CT molecular complexity index is 700. The zero-order valence-corrected chi connectivity index (χ0v) is 18.3. The van der Waals surface area contributed by atoms with Crippen molar-refractivity contribution in [2.24, 2.45) is 0 Å². The molecule has 0 spiro atoms. The molecule has 1 aliphatic heterocycles. The van der Waals surface area contributed by atoms with E-state index in [2.05, 4.69) is 24.9 Å². The number of carboxylic acids is 1. The van der Waals surface area contributed by atoms with Gasteiger partial charge in [0.2, 0.25) is 5.91 Å². The number of carbonyl (C=O) groups excluding carboxylic acids is 1. The van der Waals surface area contributed by atoms with Gasteiger partial charge in [0, 0.05) is 37.7 Å². The molecule has 1 amide bonds. The van der Waals surface area contributed by atoms with Crippen molar-refractivity contribution in [3.05, 3.63) is 41.7 Å². The maximum absolute atomic E-state index is 12.4. The van der Waals surface area contributed by atoms with Crippen LogP contribution in [0.15, 0.2) is 30.5 Å². The van der Waals surface area contributed by atoms with Gasteiger partial charge in [-0.1, -0.05) is 44.9 Å². The molecule has 166 valence electrons. The average Bonchev–Trinajstić information content (AvgIpc) is 2.70. The lowest BCUT2D eigenvalue weighted by molar-refractivity contribution is -0.137. The Labute approximate surface area is 180 Å². The number of aromatic nitrogens is 1. The molecule has 1 aliphatic rings. The standard InChI is InChI=1S/C24H36N2O4/c1-18(2)19-11-12-20(25-17-19)16-22(27)14-13-21-8-7-9-23(28)26(21)15-6-4-3-5-10-24(29)30/h11-14,17-18,21-22,27H,3-10,15-16H2,1-2H3,(H,29,30)/t21-,22?/m1/s1. The van der Waals surface area contributed by atoms with Crippen LogP contribution in [0.3, 0.4) is 0 Å². The van der Waals surface area contributed by atoms with E-state index in [-0.39, 0.29) is 18.4 Å². The first-order valence-corrected chi connectivity index (χ1v) is 11.2. The van der Waals surface area contributed by atoms with Crippen LogP contribution in [0.5, 0.6) is 0 Å². The third-order valence-corrected chi connectivity index (χ3v) is 5.64. The molecule has 1 aromatic heterocycles. The van der Waals surface area contributed by atoms with Gasteiger partial charge in [-0.05, 0) is 43.2 Å². The lowest BCUT2D eigenvalue weighted by Crippen LogP contribution is -2.43. The Morgan fingerprint density at radius 1 is 1.27 bits per heavy atom. The lowest BCUT2D eigenvalue weighted by atomic mass is 9.99. The maximum Gasteiger partial charge on any atom is 0.303 e. The molecule has 1 saturated heterocycles. The Morgan fingerprint density at radius 3 is 2.70 bits per heavy atom. The summed E-state index contributed by atoms with van der Waals surface area (Å²) in [5, 5.41) is 19.1. The van der Waals surface area contributed by atoms with E-state index in [0.29, 0.717) is 31.7 Å². The number of carbonyl (C=O) groups is 2. The summed E-state index contributed by atoms with van der Waals surface area (Å²) in [4.78, 5) is 29.3. The number of carboxylic acid groups (broad SMARTS) is 1. The molecule has 6 nitrogen and oxygen atoms in total. The number of hydrogen-bond acceptors (Lipinski definition) is 4. The molecule has 2 heterocycles. The molecule has 0 aliphatic carbocycles. The van der Waals surface area contributed by atoms with E-state index in [0.717, 1.165) is 37.8 Å². The van der Waals surface area contributed by atoms with E-state index in [1.807, 2.05) is 23.2 Å². The fourth-order valence-corrected chi connectivity index (χ4v) is 3.79. The van der Waals surface area contributed by atoms with Gasteiger partial charge in [-0.25, -0.2) is 0 Å². The van der Waals surface area contributed by atoms with E-state index >= 15 is 0 Å². The van der Waals surface area contributed by atoms with Crippen LogP contribution in [0.1, 0.15) is 82.4 Å². The van der Waals surface area contributed by atoms with Crippen LogP contribution in [0.2, 0.25) is 0 Å². The molecule has 1 aromatic rings. The first kappa shape index (κ1) is 24.1. The molecular formula is C24H36N2O4. The second kappa shape index (κ2) is 12.5. The highest BCUT2D eigenvalue weighted by molar-refractivity contribution is 5.77. The van der Waals surface area contributed by atoms with Crippen LogP contribution in [-0.2, 0) is 16.0 Å². The largest absolute Gasteiger partial charge is 0.481 e. The number of piperidine rings is 1. The summed E-state index contributed by atoms with van der Waals surface area (Å²) in [7, 11) is 0. The predicted octanol–water partition coefficient (Wildman–Crippen LogP) is 4.08. The summed E-state index contributed by atoms with van der Waals surface area (Å²) >= 11 is 0. The molecule has 0 saturated carbocycles. The molecule has 0 aromatic carbocycles. The van der Waals surface area contributed by atoms with Crippen molar-refractivity contribution in [1.29, 1.82) is 0 Å². The molecule has 6 heteroatoms. The van der Waals surface area contributed by atoms with Gasteiger partial charge in [-0.15, -0.1) is 0 Å². The number of amides is 1. The highest BCUT2D eigenvalue weighted by Crippen LogP contribution is 2.21. The number of likely N-dealkylation sites (tertiary alicyclic amines) is 1. The van der Waals surface area contributed by atoms with Crippen molar-refractivity contribution in [1.82, 2.24) is 9.88 Å². The fraction of sp³-hybridized carbons (Fsp3) is 0.625. The average molecular weight is 417 g/mol. The summed E-state index contributed by atoms with van der Waals surface area (Å²) in [5.74, 6) is -0.152. The van der Waals surface area contributed by atoms with E-state index in [1.54, 1.807) is 6.08 Å². The van der Waals surface area contributed by atoms with Gasteiger partial charge in [0.05, 0.1) is 12.1 Å². The third kappa shape index (κ3) is 8.27. The van der Waals surface area contributed by atoms with Crippen LogP contribution >= 0.6 is 0 Å². The third-order valence-electron chi connectivity index (χ3n) is 5.64. The van der Waals surface area contributed by atoms with Gasteiger partial charge in [0.25, 0.3) is 0 Å². The molecule has 0 radical (unpaired) electrons. The normalized spacial score (nSPS) is 18.3. The summed E-state index contributed by atoms with van der Waals surface area (Å²) < 4.78 is 0. The molecule has 2 rings (SSSR count). The van der Waals surface area contributed by atoms with Crippen LogP contribution in [-0.4, -0.2) is 50.7 Å². The van der Waals surface area contributed by atoms with Crippen LogP contribution in [0.4, 0.5) is 0 Å². The second-order valence-corrected chi connectivity index (χ2v) is 8.50. The minimum Gasteiger partial charge on any atom is -0.481 e. The highest BCUT2D eigenvalue weighted by Gasteiger charge is 2.25. The summed E-state index contributed by atoms with van der Waals surface area (Å²) in [5.41, 5.74) is 2.04.